The molecule has 1 aliphatic rings. The summed E-state index contributed by atoms with van der Waals surface area (Å²) in [4.78, 5) is 10.8. The van der Waals surface area contributed by atoms with Crippen LogP contribution in [0.3, 0.4) is 0 Å². The van der Waals surface area contributed by atoms with E-state index in [0.717, 1.165) is 22.4 Å². The average molecular weight is 345 g/mol. The maximum atomic E-state index is 11.1. The molecule has 1 unspecified atom stereocenters. The first kappa shape index (κ1) is 14.7. The molecule has 1 saturated heterocycles. The molecule has 1 heterocycles. The topological polar surface area (TPSA) is 55.2 Å². The van der Waals surface area contributed by atoms with Gasteiger partial charge < -0.3 is 5.32 Å². The number of nitrogens with zero attached hydrogens (tertiary/aromatic N) is 1. The second-order valence-corrected chi connectivity index (χ2v) is 7.49. The van der Waals surface area contributed by atoms with Crippen molar-refractivity contribution in [2.75, 3.05) is 16.8 Å². The van der Waals surface area contributed by atoms with E-state index in [9.17, 15) is 10.1 Å². The first-order valence-corrected chi connectivity index (χ1v) is 8.13. The molecular weight excluding hydrogens is 328 g/mol. The monoisotopic (exact) mass is 344 g/mol. The Balaban J connectivity index is 2.25. The van der Waals surface area contributed by atoms with Crippen molar-refractivity contribution in [1.82, 2.24) is 0 Å². The third kappa shape index (κ3) is 3.42. The fourth-order valence-electron chi connectivity index (χ4n) is 2.14. The highest BCUT2D eigenvalue weighted by molar-refractivity contribution is 9.10. The summed E-state index contributed by atoms with van der Waals surface area (Å²) in [6.07, 6.45) is 1.12. The van der Waals surface area contributed by atoms with Crippen molar-refractivity contribution in [3.05, 3.63) is 32.8 Å². The molecule has 0 bridgehead atoms. The Labute approximate surface area is 125 Å². The van der Waals surface area contributed by atoms with E-state index in [-0.39, 0.29) is 22.1 Å². The third-order valence-electron chi connectivity index (χ3n) is 3.60. The molecule has 0 aliphatic carbocycles. The molecule has 2 rings (SSSR count). The Hall–Kier alpha value is -0.750. The van der Waals surface area contributed by atoms with Crippen LogP contribution in [0.25, 0.3) is 0 Å². The van der Waals surface area contributed by atoms with Gasteiger partial charge in [0.15, 0.2) is 0 Å². The SMILES string of the molecule is CC1(C)CCSCC1Nc1ccc(Br)cc1[N+](=O)[O-]. The van der Waals surface area contributed by atoms with Gasteiger partial charge in [0, 0.05) is 22.3 Å². The number of nitro benzene ring substituents is 1. The van der Waals surface area contributed by atoms with Gasteiger partial charge in [-0.25, -0.2) is 0 Å². The van der Waals surface area contributed by atoms with Crippen LogP contribution in [0.4, 0.5) is 11.4 Å². The molecule has 4 nitrogen and oxygen atoms in total. The fourth-order valence-corrected chi connectivity index (χ4v) is 4.10. The van der Waals surface area contributed by atoms with Crippen molar-refractivity contribution < 1.29 is 4.92 Å². The molecule has 0 aromatic heterocycles. The molecule has 1 aromatic rings. The van der Waals surface area contributed by atoms with Crippen LogP contribution in [-0.4, -0.2) is 22.5 Å². The molecule has 19 heavy (non-hydrogen) atoms. The molecule has 6 heteroatoms. The van der Waals surface area contributed by atoms with E-state index in [1.165, 1.54) is 0 Å². The van der Waals surface area contributed by atoms with E-state index in [1.54, 1.807) is 12.1 Å². The van der Waals surface area contributed by atoms with Crippen LogP contribution in [-0.2, 0) is 0 Å². The summed E-state index contributed by atoms with van der Waals surface area (Å²) < 4.78 is 0.724. The molecule has 0 amide bonds. The summed E-state index contributed by atoms with van der Waals surface area (Å²) in [5, 5.41) is 14.5. The Morgan fingerprint density at radius 3 is 2.89 bits per heavy atom. The number of halogens is 1. The maximum Gasteiger partial charge on any atom is 0.293 e. The van der Waals surface area contributed by atoms with Gasteiger partial charge in [0.1, 0.15) is 5.69 Å². The lowest BCUT2D eigenvalue weighted by molar-refractivity contribution is -0.384. The largest absolute Gasteiger partial charge is 0.375 e. The average Bonchev–Trinajstić information content (AvgIpc) is 2.33. The van der Waals surface area contributed by atoms with Gasteiger partial charge in [0.05, 0.1) is 4.92 Å². The van der Waals surface area contributed by atoms with E-state index in [0.29, 0.717) is 5.69 Å². The first-order chi connectivity index (χ1) is 8.90. The van der Waals surface area contributed by atoms with Gasteiger partial charge in [-0.1, -0.05) is 29.8 Å². The summed E-state index contributed by atoms with van der Waals surface area (Å²) in [6, 6.07) is 5.41. The van der Waals surface area contributed by atoms with Crippen molar-refractivity contribution in [2.24, 2.45) is 5.41 Å². The Morgan fingerprint density at radius 1 is 1.53 bits per heavy atom. The number of anilines is 1. The van der Waals surface area contributed by atoms with Crippen LogP contribution in [0.5, 0.6) is 0 Å². The van der Waals surface area contributed by atoms with E-state index in [4.69, 9.17) is 0 Å². The van der Waals surface area contributed by atoms with Crippen LogP contribution in [0.15, 0.2) is 22.7 Å². The number of rotatable bonds is 3. The molecule has 1 atom stereocenters. The maximum absolute atomic E-state index is 11.1. The lowest BCUT2D eigenvalue weighted by atomic mass is 9.82. The Morgan fingerprint density at radius 2 is 2.26 bits per heavy atom. The van der Waals surface area contributed by atoms with Crippen molar-refractivity contribution in [1.29, 1.82) is 0 Å². The van der Waals surface area contributed by atoms with Gasteiger partial charge in [0.2, 0.25) is 0 Å². The lowest BCUT2D eigenvalue weighted by Crippen LogP contribution is -2.41. The van der Waals surface area contributed by atoms with Crippen molar-refractivity contribution in [2.45, 2.75) is 26.3 Å². The number of hydrogen-bond acceptors (Lipinski definition) is 4. The van der Waals surface area contributed by atoms with Gasteiger partial charge >= 0.3 is 0 Å². The number of thioether (sulfide) groups is 1. The van der Waals surface area contributed by atoms with Gasteiger partial charge in [-0.15, -0.1) is 0 Å². The zero-order valence-corrected chi connectivity index (χ0v) is 13.4. The van der Waals surface area contributed by atoms with Crippen LogP contribution in [0.2, 0.25) is 0 Å². The summed E-state index contributed by atoms with van der Waals surface area (Å²) in [5.74, 6) is 2.15. The first-order valence-electron chi connectivity index (χ1n) is 6.18. The highest BCUT2D eigenvalue weighted by atomic mass is 79.9. The lowest BCUT2D eigenvalue weighted by Gasteiger charge is -2.39. The van der Waals surface area contributed by atoms with Crippen LogP contribution >= 0.6 is 27.7 Å². The van der Waals surface area contributed by atoms with Crippen LogP contribution < -0.4 is 5.32 Å². The van der Waals surface area contributed by atoms with Gasteiger partial charge in [0.25, 0.3) is 5.69 Å². The van der Waals surface area contributed by atoms with E-state index < -0.39 is 0 Å². The molecule has 104 valence electrons. The second-order valence-electron chi connectivity index (χ2n) is 5.43. The molecule has 1 fully saturated rings. The standard InChI is InChI=1S/C13H17BrN2O2S/c1-13(2)5-6-19-8-12(13)15-10-4-3-9(14)7-11(10)16(17)18/h3-4,7,12,15H,5-6,8H2,1-2H3. The highest BCUT2D eigenvalue weighted by Crippen LogP contribution is 2.38. The minimum absolute atomic E-state index is 0.126. The number of nitro groups is 1. The van der Waals surface area contributed by atoms with E-state index in [2.05, 4.69) is 35.1 Å². The fraction of sp³-hybridized carbons (Fsp3) is 0.538. The number of benzene rings is 1. The molecule has 0 radical (unpaired) electrons. The van der Waals surface area contributed by atoms with Gasteiger partial charge in [-0.05, 0) is 29.7 Å². The normalized spacial score (nSPS) is 21.9. The minimum atomic E-state index is -0.337. The number of nitrogens with one attached hydrogen (secondary N) is 1. The highest BCUT2D eigenvalue weighted by Gasteiger charge is 2.33. The predicted molar refractivity (Wildman–Crippen MR) is 83.9 cm³/mol. The quantitative estimate of drug-likeness (QED) is 0.655. The summed E-state index contributed by atoms with van der Waals surface area (Å²) in [7, 11) is 0. The van der Waals surface area contributed by atoms with Gasteiger partial charge in [-0.3, -0.25) is 10.1 Å². The Kier molecular flexibility index (Phi) is 4.40. The Bertz CT molecular complexity index is 494. The minimum Gasteiger partial charge on any atom is -0.375 e. The predicted octanol–water partition coefficient (Wildman–Crippen LogP) is 4.30. The molecule has 1 N–H and O–H groups in total. The van der Waals surface area contributed by atoms with Crippen molar-refractivity contribution >= 4 is 39.1 Å². The summed E-state index contributed by atoms with van der Waals surface area (Å²) in [5.41, 5.74) is 0.890. The smallest absolute Gasteiger partial charge is 0.293 e. The molecule has 1 aromatic carbocycles. The molecule has 0 saturated carbocycles. The zero-order chi connectivity index (χ0) is 14.0. The molecule has 0 spiro atoms. The van der Waals surface area contributed by atoms with Crippen molar-refractivity contribution in [3.8, 4) is 0 Å². The van der Waals surface area contributed by atoms with E-state index in [1.807, 2.05) is 17.8 Å². The van der Waals surface area contributed by atoms with Crippen molar-refractivity contribution in [3.63, 3.8) is 0 Å². The third-order valence-corrected chi connectivity index (χ3v) is 5.16. The second kappa shape index (κ2) is 5.71. The summed E-state index contributed by atoms with van der Waals surface area (Å²) >= 11 is 5.18. The zero-order valence-electron chi connectivity index (χ0n) is 11.0. The molecule has 1 aliphatic heterocycles. The number of hydrogen-bond donors (Lipinski definition) is 1. The van der Waals surface area contributed by atoms with Gasteiger partial charge in [-0.2, -0.15) is 11.8 Å². The summed E-state index contributed by atoms with van der Waals surface area (Å²) in [6.45, 7) is 4.43. The van der Waals surface area contributed by atoms with Crippen LogP contribution in [0, 0.1) is 15.5 Å². The molecular formula is C13H17BrN2O2S. The van der Waals surface area contributed by atoms with E-state index >= 15 is 0 Å². The van der Waals surface area contributed by atoms with Crippen LogP contribution in [0.1, 0.15) is 20.3 Å².